The Kier molecular flexibility index (Phi) is 4.92. The van der Waals surface area contributed by atoms with E-state index < -0.39 is 0 Å². The van der Waals surface area contributed by atoms with Crippen molar-refractivity contribution in [2.45, 2.75) is 13.5 Å². The molecular formula is C14H12BrClIN. The zero-order valence-electron chi connectivity index (χ0n) is 9.81. The molecule has 0 aliphatic carbocycles. The molecule has 0 unspecified atom stereocenters. The number of anilines is 1. The van der Waals surface area contributed by atoms with Crippen LogP contribution in [0.15, 0.2) is 40.9 Å². The smallest absolute Gasteiger partial charge is 0.0551 e. The summed E-state index contributed by atoms with van der Waals surface area (Å²) in [6, 6.07) is 12.4. The van der Waals surface area contributed by atoms with E-state index in [-0.39, 0.29) is 0 Å². The molecule has 2 aromatic rings. The third-order valence-corrected chi connectivity index (χ3v) is 5.05. The second-order valence-electron chi connectivity index (χ2n) is 4.07. The van der Waals surface area contributed by atoms with E-state index in [9.17, 15) is 0 Å². The first kappa shape index (κ1) is 14.2. The molecule has 94 valence electrons. The predicted octanol–water partition coefficient (Wildman–Crippen LogP) is 5.63. The maximum absolute atomic E-state index is 6.07. The standard InChI is InChI=1S/C14H12BrClIN/c1-9-2-4-11(7-14(9)17)18-8-10-3-5-12(15)13(16)6-10/h2-7,18H,8H2,1H3. The lowest BCUT2D eigenvalue weighted by Gasteiger charge is -2.09. The van der Waals surface area contributed by atoms with Gasteiger partial charge in [0.2, 0.25) is 0 Å². The summed E-state index contributed by atoms with van der Waals surface area (Å²) in [5.41, 5.74) is 3.59. The van der Waals surface area contributed by atoms with E-state index in [0.29, 0.717) is 0 Å². The summed E-state index contributed by atoms with van der Waals surface area (Å²) in [5, 5.41) is 4.14. The van der Waals surface area contributed by atoms with Crippen LogP contribution in [0.4, 0.5) is 5.69 Å². The highest BCUT2D eigenvalue weighted by Crippen LogP contribution is 2.24. The molecule has 1 N–H and O–H groups in total. The number of aryl methyl sites for hydroxylation is 1. The first-order valence-corrected chi connectivity index (χ1v) is 7.75. The Morgan fingerprint density at radius 1 is 1.22 bits per heavy atom. The fourth-order valence-corrected chi connectivity index (χ4v) is 2.52. The molecule has 0 aromatic heterocycles. The van der Waals surface area contributed by atoms with Crippen LogP contribution in [0.1, 0.15) is 11.1 Å². The van der Waals surface area contributed by atoms with Crippen LogP contribution in [0, 0.1) is 10.5 Å². The molecule has 2 rings (SSSR count). The monoisotopic (exact) mass is 435 g/mol. The minimum absolute atomic E-state index is 0.743. The molecule has 0 bridgehead atoms. The largest absolute Gasteiger partial charge is 0.381 e. The molecule has 0 heterocycles. The van der Waals surface area contributed by atoms with Gasteiger partial charge in [-0.1, -0.05) is 23.7 Å². The Morgan fingerprint density at radius 3 is 2.67 bits per heavy atom. The fraction of sp³-hybridized carbons (Fsp3) is 0.143. The van der Waals surface area contributed by atoms with E-state index in [2.05, 4.69) is 75.0 Å². The van der Waals surface area contributed by atoms with Crippen LogP contribution >= 0.6 is 50.1 Å². The van der Waals surface area contributed by atoms with Crippen molar-refractivity contribution in [3.8, 4) is 0 Å². The van der Waals surface area contributed by atoms with Crippen LogP contribution in [0.3, 0.4) is 0 Å². The van der Waals surface area contributed by atoms with Gasteiger partial charge in [0.05, 0.1) is 5.02 Å². The van der Waals surface area contributed by atoms with Gasteiger partial charge < -0.3 is 5.32 Å². The van der Waals surface area contributed by atoms with Gasteiger partial charge in [0.1, 0.15) is 0 Å². The van der Waals surface area contributed by atoms with Crippen molar-refractivity contribution in [2.75, 3.05) is 5.32 Å². The molecule has 0 aliphatic rings. The Hall–Kier alpha value is -0.260. The summed E-state index contributed by atoms with van der Waals surface area (Å²) in [5.74, 6) is 0. The van der Waals surface area contributed by atoms with Crippen molar-refractivity contribution >= 4 is 55.8 Å². The second-order valence-corrected chi connectivity index (χ2v) is 6.49. The molecular weight excluding hydrogens is 424 g/mol. The molecule has 0 fully saturated rings. The molecule has 0 aliphatic heterocycles. The Balaban J connectivity index is 2.06. The number of nitrogens with one attached hydrogen (secondary N) is 1. The van der Waals surface area contributed by atoms with E-state index >= 15 is 0 Å². The first-order chi connectivity index (χ1) is 8.56. The van der Waals surface area contributed by atoms with Gasteiger partial charge in [0, 0.05) is 20.3 Å². The van der Waals surface area contributed by atoms with E-state index in [1.54, 1.807) is 0 Å². The molecule has 0 atom stereocenters. The van der Waals surface area contributed by atoms with Crippen LogP contribution < -0.4 is 5.32 Å². The van der Waals surface area contributed by atoms with E-state index in [1.165, 1.54) is 14.7 Å². The number of halogens is 3. The normalized spacial score (nSPS) is 10.4. The highest BCUT2D eigenvalue weighted by Gasteiger charge is 2.00. The van der Waals surface area contributed by atoms with Gasteiger partial charge in [-0.15, -0.1) is 0 Å². The maximum atomic E-state index is 6.07. The van der Waals surface area contributed by atoms with Crippen molar-refractivity contribution in [1.29, 1.82) is 0 Å². The van der Waals surface area contributed by atoms with Crippen LogP contribution in [0.5, 0.6) is 0 Å². The Morgan fingerprint density at radius 2 is 2.00 bits per heavy atom. The predicted molar refractivity (Wildman–Crippen MR) is 90.4 cm³/mol. The minimum atomic E-state index is 0.743. The Labute approximate surface area is 134 Å². The molecule has 1 nitrogen and oxygen atoms in total. The Bertz CT molecular complexity index is 520. The summed E-state index contributed by atoms with van der Waals surface area (Å²) in [4.78, 5) is 0. The van der Waals surface area contributed by atoms with E-state index in [4.69, 9.17) is 11.6 Å². The quantitative estimate of drug-likeness (QED) is 0.615. The van der Waals surface area contributed by atoms with E-state index in [1.807, 2.05) is 12.1 Å². The van der Waals surface area contributed by atoms with Gasteiger partial charge in [-0.3, -0.25) is 0 Å². The van der Waals surface area contributed by atoms with Gasteiger partial charge in [-0.05, 0) is 80.8 Å². The van der Waals surface area contributed by atoms with Gasteiger partial charge in [-0.2, -0.15) is 0 Å². The number of hydrogen-bond donors (Lipinski definition) is 1. The number of hydrogen-bond acceptors (Lipinski definition) is 1. The van der Waals surface area contributed by atoms with Gasteiger partial charge >= 0.3 is 0 Å². The second kappa shape index (κ2) is 6.26. The van der Waals surface area contributed by atoms with Crippen molar-refractivity contribution in [3.63, 3.8) is 0 Å². The minimum Gasteiger partial charge on any atom is -0.381 e. The van der Waals surface area contributed by atoms with Crippen molar-refractivity contribution in [1.82, 2.24) is 0 Å². The summed E-state index contributed by atoms with van der Waals surface area (Å²) in [7, 11) is 0. The highest BCUT2D eigenvalue weighted by atomic mass is 127. The fourth-order valence-electron chi connectivity index (χ4n) is 1.56. The lowest BCUT2D eigenvalue weighted by atomic mass is 10.2. The molecule has 0 saturated heterocycles. The zero-order chi connectivity index (χ0) is 13.1. The average molecular weight is 437 g/mol. The molecule has 0 spiro atoms. The van der Waals surface area contributed by atoms with Crippen LogP contribution in [0.25, 0.3) is 0 Å². The van der Waals surface area contributed by atoms with Crippen molar-refractivity contribution in [2.24, 2.45) is 0 Å². The van der Waals surface area contributed by atoms with Crippen LogP contribution in [0.2, 0.25) is 5.02 Å². The summed E-state index contributed by atoms with van der Waals surface area (Å²) >= 11 is 11.8. The average Bonchev–Trinajstić information content (AvgIpc) is 2.35. The highest BCUT2D eigenvalue weighted by molar-refractivity contribution is 14.1. The van der Waals surface area contributed by atoms with Crippen molar-refractivity contribution < 1.29 is 0 Å². The lowest BCUT2D eigenvalue weighted by Crippen LogP contribution is -1.99. The van der Waals surface area contributed by atoms with Gasteiger partial charge in [0.25, 0.3) is 0 Å². The zero-order valence-corrected chi connectivity index (χ0v) is 14.3. The third-order valence-electron chi connectivity index (χ3n) is 2.65. The van der Waals surface area contributed by atoms with Crippen LogP contribution in [-0.4, -0.2) is 0 Å². The van der Waals surface area contributed by atoms with Crippen LogP contribution in [-0.2, 0) is 6.54 Å². The number of benzene rings is 2. The summed E-state index contributed by atoms with van der Waals surface area (Å²) in [6.45, 7) is 2.88. The third kappa shape index (κ3) is 3.62. The van der Waals surface area contributed by atoms with E-state index in [0.717, 1.165) is 21.7 Å². The van der Waals surface area contributed by atoms with Crippen molar-refractivity contribution in [3.05, 3.63) is 60.6 Å². The van der Waals surface area contributed by atoms with Gasteiger partial charge in [0.15, 0.2) is 0 Å². The first-order valence-electron chi connectivity index (χ1n) is 5.50. The lowest BCUT2D eigenvalue weighted by molar-refractivity contribution is 1.14. The topological polar surface area (TPSA) is 12.0 Å². The SMILES string of the molecule is Cc1ccc(NCc2ccc(Br)c(Cl)c2)cc1I. The number of rotatable bonds is 3. The summed E-state index contributed by atoms with van der Waals surface area (Å²) in [6.07, 6.45) is 0. The molecule has 4 heteroatoms. The molecule has 0 radical (unpaired) electrons. The molecule has 0 saturated carbocycles. The molecule has 0 amide bonds. The maximum Gasteiger partial charge on any atom is 0.0551 e. The molecule has 18 heavy (non-hydrogen) atoms. The summed E-state index contributed by atoms with van der Waals surface area (Å²) < 4.78 is 2.20. The molecule has 2 aromatic carbocycles. The van der Waals surface area contributed by atoms with Gasteiger partial charge in [-0.25, -0.2) is 0 Å².